The number of nitrogens with two attached hydrogens (primary N) is 1. The quantitative estimate of drug-likeness (QED) is 0.452. The third-order valence-electron chi connectivity index (χ3n) is 3.97. The summed E-state index contributed by atoms with van der Waals surface area (Å²) in [5, 5.41) is 9.11. The van der Waals surface area contributed by atoms with E-state index in [1.54, 1.807) is 0 Å². The maximum absolute atomic E-state index is 6.18. The van der Waals surface area contributed by atoms with Gasteiger partial charge in [0.1, 0.15) is 5.65 Å². The number of nitrogen functional groups attached to an aromatic ring is 1. The molecule has 0 spiro atoms. The molecule has 0 aliphatic heterocycles. The molecule has 7 heteroatoms. The Morgan fingerprint density at radius 3 is 2.52 bits per heavy atom. The maximum Gasteiger partial charge on any atom is 0.210 e. The summed E-state index contributed by atoms with van der Waals surface area (Å²) in [4.78, 5) is 4.62. The number of fused-ring (bicyclic) bond motifs is 1. The Kier molecular flexibility index (Phi) is 3.93. The minimum atomic E-state index is 0.660. The van der Waals surface area contributed by atoms with Crippen LogP contribution in [0.2, 0.25) is 0 Å². The van der Waals surface area contributed by atoms with Crippen LogP contribution in [0.1, 0.15) is 16.8 Å². The number of imidazole rings is 1. The smallest absolute Gasteiger partial charge is 0.210 e. The molecule has 4 aromatic rings. The Labute approximate surface area is 149 Å². The van der Waals surface area contributed by atoms with Gasteiger partial charge in [0.2, 0.25) is 5.16 Å². The van der Waals surface area contributed by atoms with Crippen LogP contribution >= 0.6 is 11.8 Å². The summed E-state index contributed by atoms with van der Waals surface area (Å²) in [6.07, 6.45) is 4.10. The summed E-state index contributed by atoms with van der Waals surface area (Å²) in [6, 6.07) is 12.2. The molecule has 6 nitrogen and oxygen atoms in total. The predicted octanol–water partition coefficient (Wildman–Crippen LogP) is 3.22. The molecule has 2 N–H and O–H groups in total. The molecule has 25 heavy (non-hydrogen) atoms. The Morgan fingerprint density at radius 2 is 1.72 bits per heavy atom. The minimum Gasteiger partial charge on any atom is -0.335 e. The molecular formula is C18H18N6S. The van der Waals surface area contributed by atoms with Gasteiger partial charge in [-0.25, -0.2) is 9.66 Å². The second kappa shape index (κ2) is 6.25. The number of nitrogens with zero attached hydrogens (tertiary/aromatic N) is 5. The first kappa shape index (κ1) is 15.7. The van der Waals surface area contributed by atoms with Gasteiger partial charge in [-0.3, -0.25) is 0 Å². The van der Waals surface area contributed by atoms with Gasteiger partial charge in [-0.15, -0.1) is 10.2 Å². The largest absolute Gasteiger partial charge is 0.335 e. The van der Waals surface area contributed by atoms with Crippen molar-refractivity contribution in [2.75, 3.05) is 5.84 Å². The molecule has 0 saturated carbocycles. The molecule has 0 fully saturated rings. The lowest BCUT2D eigenvalue weighted by molar-refractivity contribution is 0.849. The summed E-state index contributed by atoms with van der Waals surface area (Å²) >= 11 is 1.53. The second-order valence-corrected chi connectivity index (χ2v) is 6.98. The Balaban J connectivity index is 1.53. The van der Waals surface area contributed by atoms with Gasteiger partial charge in [0, 0.05) is 23.7 Å². The monoisotopic (exact) mass is 350 g/mol. The van der Waals surface area contributed by atoms with Crippen molar-refractivity contribution in [3.8, 4) is 11.4 Å². The first-order valence-electron chi connectivity index (χ1n) is 7.95. The Bertz CT molecular complexity index is 1030. The highest BCUT2D eigenvalue weighted by molar-refractivity contribution is 7.98. The van der Waals surface area contributed by atoms with Gasteiger partial charge >= 0.3 is 0 Å². The fourth-order valence-electron chi connectivity index (χ4n) is 2.64. The van der Waals surface area contributed by atoms with Crippen LogP contribution in [-0.4, -0.2) is 24.3 Å². The van der Waals surface area contributed by atoms with Gasteiger partial charge in [-0.05, 0) is 25.5 Å². The summed E-state index contributed by atoms with van der Waals surface area (Å²) in [6.45, 7) is 4.12. The fourth-order valence-corrected chi connectivity index (χ4v) is 3.38. The normalized spacial score (nSPS) is 11.3. The van der Waals surface area contributed by atoms with Crippen molar-refractivity contribution in [3.63, 3.8) is 0 Å². The van der Waals surface area contributed by atoms with Crippen LogP contribution in [0.5, 0.6) is 0 Å². The van der Waals surface area contributed by atoms with Gasteiger partial charge in [0.25, 0.3) is 0 Å². The average molecular weight is 350 g/mol. The number of aryl methyl sites for hydroxylation is 2. The first-order valence-corrected chi connectivity index (χ1v) is 8.93. The van der Waals surface area contributed by atoms with Gasteiger partial charge in [-0.2, -0.15) is 0 Å². The van der Waals surface area contributed by atoms with Crippen LogP contribution in [0.25, 0.3) is 17.0 Å². The van der Waals surface area contributed by atoms with Crippen molar-refractivity contribution in [1.29, 1.82) is 0 Å². The van der Waals surface area contributed by atoms with E-state index in [9.17, 15) is 0 Å². The van der Waals surface area contributed by atoms with E-state index >= 15 is 0 Å². The van der Waals surface area contributed by atoms with Crippen molar-refractivity contribution in [1.82, 2.24) is 24.3 Å². The number of hydrogen-bond donors (Lipinski definition) is 1. The molecule has 1 aromatic carbocycles. The van der Waals surface area contributed by atoms with Gasteiger partial charge in [0.15, 0.2) is 5.82 Å². The lowest BCUT2D eigenvalue weighted by Crippen LogP contribution is -2.11. The number of rotatable bonds is 4. The highest BCUT2D eigenvalue weighted by Gasteiger charge is 2.13. The average Bonchev–Trinajstić information content (AvgIpc) is 3.16. The van der Waals surface area contributed by atoms with Crippen molar-refractivity contribution in [2.45, 2.75) is 24.8 Å². The second-order valence-electron chi connectivity index (χ2n) is 6.04. The summed E-state index contributed by atoms with van der Waals surface area (Å²) in [7, 11) is 0. The molecule has 126 valence electrons. The molecule has 0 amide bonds. The third kappa shape index (κ3) is 3.10. The van der Waals surface area contributed by atoms with Gasteiger partial charge in [0.05, 0.1) is 5.69 Å². The summed E-state index contributed by atoms with van der Waals surface area (Å²) in [5.74, 6) is 7.52. The number of benzene rings is 1. The van der Waals surface area contributed by atoms with Crippen molar-refractivity contribution >= 4 is 17.4 Å². The van der Waals surface area contributed by atoms with E-state index < -0.39 is 0 Å². The molecule has 3 heterocycles. The molecule has 0 unspecified atom stereocenters. The van der Waals surface area contributed by atoms with Crippen LogP contribution in [-0.2, 0) is 5.75 Å². The molecular weight excluding hydrogens is 332 g/mol. The van der Waals surface area contributed by atoms with E-state index in [0.717, 1.165) is 16.9 Å². The number of thioether (sulfide) groups is 1. The van der Waals surface area contributed by atoms with Crippen LogP contribution in [0.4, 0.5) is 0 Å². The standard InChI is InChI=1S/C18H18N6S/c1-12-3-6-14(7-4-12)17-21-22-18(24(17)19)25-11-15-10-23-9-13(2)5-8-16(23)20-15/h3-10H,11,19H2,1-2H3. The van der Waals surface area contributed by atoms with Crippen molar-refractivity contribution < 1.29 is 0 Å². The minimum absolute atomic E-state index is 0.660. The van der Waals surface area contributed by atoms with Crippen LogP contribution in [0.3, 0.4) is 0 Å². The van der Waals surface area contributed by atoms with E-state index in [0.29, 0.717) is 16.7 Å². The summed E-state index contributed by atoms with van der Waals surface area (Å²) in [5.41, 5.74) is 5.28. The molecule has 0 aliphatic carbocycles. The molecule has 0 bridgehead atoms. The zero-order chi connectivity index (χ0) is 17.4. The number of aromatic nitrogens is 5. The van der Waals surface area contributed by atoms with E-state index in [1.807, 2.05) is 40.9 Å². The van der Waals surface area contributed by atoms with Gasteiger partial charge in [-0.1, -0.05) is 47.7 Å². The van der Waals surface area contributed by atoms with E-state index in [-0.39, 0.29) is 0 Å². The molecule has 4 rings (SSSR count). The third-order valence-corrected chi connectivity index (χ3v) is 4.95. The molecule has 0 aliphatic rings. The molecule has 0 saturated heterocycles. The highest BCUT2D eigenvalue weighted by atomic mass is 32.2. The molecule has 0 radical (unpaired) electrons. The topological polar surface area (TPSA) is 74.0 Å². The summed E-state index contributed by atoms with van der Waals surface area (Å²) < 4.78 is 3.57. The predicted molar refractivity (Wildman–Crippen MR) is 99.8 cm³/mol. The SMILES string of the molecule is Cc1ccc(-c2nnc(SCc3cn4cc(C)ccc4n3)n2N)cc1. The molecule has 0 atom stereocenters. The lowest BCUT2D eigenvalue weighted by atomic mass is 10.1. The number of hydrogen-bond acceptors (Lipinski definition) is 5. The van der Waals surface area contributed by atoms with E-state index in [1.165, 1.54) is 27.6 Å². The Hall–Kier alpha value is -2.80. The highest BCUT2D eigenvalue weighted by Crippen LogP contribution is 2.24. The maximum atomic E-state index is 6.18. The number of pyridine rings is 1. The molecule has 3 aromatic heterocycles. The van der Waals surface area contributed by atoms with E-state index in [2.05, 4.69) is 41.3 Å². The van der Waals surface area contributed by atoms with Gasteiger partial charge < -0.3 is 10.2 Å². The van der Waals surface area contributed by atoms with Crippen molar-refractivity contribution in [3.05, 3.63) is 65.6 Å². The van der Waals surface area contributed by atoms with Crippen molar-refractivity contribution in [2.24, 2.45) is 0 Å². The fraction of sp³-hybridized carbons (Fsp3) is 0.167. The lowest BCUT2D eigenvalue weighted by Gasteiger charge is -2.03. The zero-order valence-corrected chi connectivity index (χ0v) is 14.9. The van der Waals surface area contributed by atoms with Crippen LogP contribution in [0.15, 0.2) is 53.9 Å². The van der Waals surface area contributed by atoms with Crippen LogP contribution in [0, 0.1) is 13.8 Å². The zero-order valence-electron chi connectivity index (χ0n) is 14.0. The van der Waals surface area contributed by atoms with E-state index in [4.69, 9.17) is 5.84 Å². The Morgan fingerprint density at radius 1 is 0.960 bits per heavy atom. The first-order chi connectivity index (χ1) is 12.1. The van der Waals surface area contributed by atoms with Crippen LogP contribution < -0.4 is 5.84 Å².